The van der Waals surface area contributed by atoms with E-state index in [-0.39, 0.29) is 0 Å². The fourth-order valence-corrected chi connectivity index (χ4v) is 19.4. The third-order valence-corrected chi connectivity index (χ3v) is 26.5. The summed E-state index contributed by atoms with van der Waals surface area (Å²) in [4.78, 5) is 28.9. The Morgan fingerprint density at radius 2 is 1.02 bits per heavy atom. The Bertz CT molecular complexity index is 1880. The fourth-order valence-electron chi connectivity index (χ4n) is 6.56. The van der Waals surface area contributed by atoms with Gasteiger partial charge in [-0.15, -0.1) is 0 Å². The molecule has 4 aromatic rings. The maximum atomic E-state index is 14.5. The number of carbonyl (C=O) groups is 2. The van der Waals surface area contributed by atoms with Crippen molar-refractivity contribution < 1.29 is 28.5 Å². The van der Waals surface area contributed by atoms with E-state index >= 15 is 0 Å². The summed E-state index contributed by atoms with van der Waals surface area (Å²) in [6, 6.07) is 26.7. The van der Waals surface area contributed by atoms with Gasteiger partial charge in [-0.3, -0.25) is 0 Å². The maximum absolute atomic E-state index is 14.5. The standard InChI is InChI=1S/2C11H8O2.2C5H5.2CH3.H2Si.Ti/c2*12-11(13)10-7-3-5-8-4-1-2-6-9(8)10;2*1-2-4-5-3-1;;;;/h2*1-7H,(H,12,13);2*1-3H,4H2;2*1H3;1H2;/q;;;;;;;+2/p-2. The van der Waals surface area contributed by atoms with Crippen LogP contribution in [0, 0.1) is 0 Å². The Morgan fingerprint density at radius 3 is 1.43 bits per heavy atom. The molecule has 0 amide bonds. The zero-order chi connectivity index (χ0) is 28.1. The predicted molar refractivity (Wildman–Crippen MR) is 163 cm³/mol. The molecule has 0 fully saturated rings. The van der Waals surface area contributed by atoms with Crippen LogP contribution in [0.2, 0.25) is 10.5 Å². The number of rotatable bonds is 6. The fraction of sp³-hybridized carbons (Fsp3) is 0.118. The first-order valence-electron chi connectivity index (χ1n) is 13.7. The van der Waals surface area contributed by atoms with Gasteiger partial charge in [0.15, 0.2) is 0 Å². The molecule has 0 atom stereocenters. The Kier molecular flexibility index (Phi) is 5.38. The minimum atomic E-state index is -6.45. The first-order chi connectivity index (χ1) is 19.0. The van der Waals surface area contributed by atoms with Crippen molar-refractivity contribution in [1.29, 1.82) is 0 Å². The average Bonchev–Trinajstić information content (AvgIpc) is 3.69. The van der Waals surface area contributed by atoms with Gasteiger partial charge < -0.3 is 0 Å². The Balaban J connectivity index is 1.61. The first-order valence-corrected chi connectivity index (χ1v) is 23.6. The summed E-state index contributed by atoms with van der Waals surface area (Å²) in [5.74, 6) is -1.00. The summed E-state index contributed by atoms with van der Waals surface area (Å²) in [6.45, 7) is 0. The summed E-state index contributed by atoms with van der Waals surface area (Å²) in [5.41, 5.74) is 0.886. The molecule has 40 heavy (non-hydrogen) atoms. The molecule has 0 N–H and O–H groups in total. The number of benzene rings is 4. The van der Waals surface area contributed by atoms with Crippen LogP contribution in [-0.4, -0.2) is 19.6 Å². The number of allylic oxidation sites excluding steroid dienone is 8. The van der Waals surface area contributed by atoms with Gasteiger partial charge >= 0.3 is 233 Å². The molecule has 6 rings (SSSR count). The van der Waals surface area contributed by atoms with Crippen LogP contribution < -0.4 is 0 Å². The Morgan fingerprint density at radius 1 is 0.625 bits per heavy atom. The molecule has 0 saturated carbocycles. The second-order valence-corrected chi connectivity index (χ2v) is 39.9. The molecule has 0 radical (unpaired) electrons. The molecule has 200 valence electrons. The van der Waals surface area contributed by atoms with E-state index in [1.54, 1.807) is 19.8 Å². The minimum absolute atomic E-state index is 0.443. The van der Waals surface area contributed by atoms with Gasteiger partial charge in [0.05, 0.1) is 0 Å². The third kappa shape index (κ3) is 3.76. The van der Waals surface area contributed by atoms with Crippen molar-refractivity contribution >= 4 is 41.1 Å². The van der Waals surface area contributed by atoms with Crippen molar-refractivity contribution in [2.24, 2.45) is 0 Å². The van der Waals surface area contributed by atoms with E-state index < -0.39 is 24.2 Å². The molecule has 0 bridgehead atoms. The van der Waals surface area contributed by atoms with E-state index in [0.717, 1.165) is 29.3 Å². The van der Waals surface area contributed by atoms with Crippen LogP contribution >= 0.6 is 0 Å². The number of fused-ring (bicyclic) bond motifs is 2. The zero-order valence-corrected chi connectivity index (χ0v) is 25.8. The quantitative estimate of drug-likeness (QED) is 0.217. The van der Waals surface area contributed by atoms with E-state index in [2.05, 4.69) is 0 Å². The summed E-state index contributed by atoms with van der Waals surface area (Å²) in [5, 5.41) is 7.35. The van der Waals surface area contributed by atoms with E-state index in [4.69, 9.17) is 6.64 Å². The van der Waals surface area contributed by atoms with Crippen molar-refractivity contribution in [2.45, 2.75) is 23.3 Å². The van der Waals surface area contributed by atoms with Gasteiger partial charge in [0.1, 0.15) is 0 Å². The molecule has 0 aromatic heterocycles. The van der Waals surface area contributed by atoms with Crippen LogP contribution in [0.25, 0.3) is 21.5 Å². The molecular formula is C34H32O4SiTi. The van der Waals surface area contributed by atoms with Crippen LogP contribution in [0.5, 0.6) is 0 Å². The zero-order valence-electron chi connectivity index (χ0n) is 22.8. The molecule has 4 nitrogen and oxygen atoms in total. The summed E-state index contributed by atoms with van der Waals surface area (Å²) < 4.78 is 15.8. The van der Waals surface area contributed by atoms with Gasteiger partial charge in [-0.2, -0.15) is 0 Å². The van der Waals surface area contributed by atoms with Gasteiger partial charge in [0, 0.05) is 0 Å². The monoisotopic (exact) mass is 580 g/mol. The molecule has 0 aliphatic heterocycles. The third-order valence-electron chi connectivity index (χ3n) is 9.17. The van der Waals surface area contributed by atoms with E-state index in [1.165, 1.54) is 0 Å². The normalized spacial score (nSPS) is 17.4. The predicted octanol–water partition coefficient (Wildman–Crippen LogP) is 7.93. The van der Waals surface area contributed by atoms with Crippen LogP contribution in [0.3, 0.4) is 0 Å². The summed E-state index contributed by atoms with van der Waals surface area (Å²) in [6.07, 6.45) is 13.0. The number of hydrogen-bond acceptors (Lipinski definition) is 4. The van der Waals surface area contributed by atoms with E-state index in [9.17, 15) is 9.59 Å². The average molecular weight is 581 g/mol. The van der Waals surface area contributed by atoms with E-state index in [1.807, 2.05) is 120 Å². The molecular weight excluding hydrogens is 548 g/mol. The first kappa shape index (κ1) is 26.5. The van der Waals surface area contributed by atoms with Gasteiger partial charge in [0.2, 0.25) is 0 Å². The molecule has 2 aliphatic rings. The summed E-state index contributed by atoms with van der Waals surface area (Å²) >= 11 is -6.45. The van der Waals surface area contributed by atoms with Crippen molar-refractivity contribution in [3.05, 3.63) is 140 Å². The van der Waals surface area contributed by atoms with Crippen molar-refractivity contribution in [3.63, 3.8) is 0 Å². The van der Waals surface area contributed by atoms with E-state index in [0.29, 0.717) is 24.0 Å². The SMILES string of the molecule is [CH3][Ti]([CH3])(=[SiH2])([O]C(=O)c1cccc2ccccc12)([O]C(=O)c1cccc2ccccc12)([C]1=CC=CC1)[C]1=CC=CC1. The molecule has 6 heteroatoms. The van der Waals surface area contributed by atoms with Crippen LogP contribution in [0.1, 0.15) is 33.6 Å². The molecule has 0 saturated heterocycles. The second kappa shape index (κ2) is 8.14. The van der Waals surface area contributed by atoms with Crippen molar-refractivity contribution in [3.8, 4) is 0 Å². The number of hydrogen-bond donors (Lipinski definition) is 0. The van der Waals surface area contributed by atoms with Crippen LogP contribution in [-0.2, 0) is 18.9 Å². The van der Waals surface area contributed by atoms with Crippen molar-refractivity contribution in [1.82, 2.24) is 0 Å². The number of carbonyl (C=O) groups excluding carboxylic acids is 2. The summed E-state index contributed by atoms with van der Waals surface area (Å²) in [7, 11) is 1.60. The van der Waals surface area contributed by atoms with Gasteiger partial charge in [-0.05, 0) is 0 Å². The second-order valence-electron chi connectivity index (χ2n) is 12.8. The van der Waals surface area contributed by atoms with Crippen LogP contribution in [0.15, 0.2) is 129 Å². The topological polar surface area (TPSA) is 52.6 Å². The molecule has 0 spiro atoms. The molecule has 4 aromatic carbocycles. The Hall–Kier alpha value is -3.77. The molecule has 2 aliphatic carbocycles. The molecule has 0 heterocycles. The van der Waals surface area contributed by atoms with Gasteiger partial charge in [-0.25, -0.2) is 0 Å². The Labute approximate surface area is 232 Å². The van der Waals surface area contributed by atoms with Gasteiger partial charge in [-0.1, -0.05) is 0 Å². The van der Waals surface area contributed by atoms with Gasteiger partial charge in [0.25, 0.3) is 0 Å². The molecule has 0 unspecified atom stereocenters. The van der Waals surface area contributed by atoms with Crippen LogP contribution in [0.4, 0.5) is 0 Å². The van der Waals surface area contributed by atoms with Crippen molar-refractivity contribution in [2.75, 3.05) is 0 Å².